The normalized spacial score (nSPS) is 26.4. The predicted molar refractivity (Wildman–Crippen MR) is 69.7 cm³/mol. The monoisotopic (exact) mass is 284 g/mol. The number of aryl methyl sites for hydroxylation is 1. The topological polar surface area (TPSA) is 0 Å². The van der Waals surface area contributed by atoms with Crippen LogP contribution in [0.5, 0.6) is 0 Å². The highest BCUT2D eigenvalue weighted by Crippen LogP contribution is 2.36. The Balaban J connectivity index is 2.26. The Morgan fingerprint density at radius 1 is 1.12 bits per heavy atom. The summed E-state index contributed by atoms with van der Waals surface area (Å²) in [5, 5.41) is 0. The smallest absolute Gasteiger partial charge is 0.123 e. The van der Waals surface area contributed by atoms with Gasteiger partial charge in [0.15, 0.2) is 0 Å². The Hall–Kier alpha value is -0.370. The quantitative estimate of drug-likeness (QED) is 0.506. The molecule has 1 aliphatic carbocycles. The lowest BCUT2D eigenvalue weighted by Gasteiger charge is -2.20. The van der Waals surface area contributed by atoms with E-state index in [-0.39, 0.29) is 5.82 Å². The lowest BCUT2D eigenvalue weighted by Crippen LogP contribution is -2.11. The van der Waals surface area contributed by atoms with Crippen LogP contribution in [-0.4, -0.2) is 4.83 Å². The Kier molecular flexibility index (Phi) is 4.01. The van der Waals surface area contributed by atoms with E-state index in [0.717, 1.165) is 5.56 Å². The predicted octanol–water partition coefficient (Wildman–Crippen LogP) is 4.95. The van der Waals surface area contributed by atoms with E-state index in [1.54, 1.807) is 12.1 Å². The zero-order valence-corrected chi connectivity index (χ0v) is 11.3. The van der Waals surface area contributed by atoms with Gasteiger partial charge >= 0.3 is 0 Å². The van der Waals surface area contributed by atoms with Gasteiger partial charge in [0, 0.05) is 4.83 Å². The van der Waals surface area contributed by atoms with Crippen LogP contribution in [0.15, 0.2) is 18.2 Å². The molecule has 0 spiro atoms. The zero-order valence-electron chi connectivity index (χ0n) is 9.68. The van der Waals surface area contributed by atoms with Gasteiger partial charge in [-0.25, -0.2) is 4.39 Å². The minimum atomic E-state index is -0.0982. The minimum Gasteiger partial charge on any atom is -0.207 e. The minimum absolute atomic E-state index is 0.0982. The van der Waals surface area contributed by atoms with Gasteiger partial charge in [0.2, 0.25) is 0 Å². The van der Waals surface area contributed by atoms with Gasteiger partial charge in [0.05, 0.1) is 0 Å². The van der Waals surface area contributed by atoms with E-state index in [4.69, 9.17) is 0 Å². The van der Waals surface area contributed by atoms with Gasteiger partial charge in [0.25, 0.3) is 0 Å². The lowest BCUT2D eigenvalue weighted by molar-refractivity contribution is 0.591. The van der Waals surface area contributed by atoms with Crippen molar-refractivity contribution in [1.82, 2.24) is 0 Å². The van der Waals surface area contributed by atoms with Gasteiger partial charge in [-0.05, 0) is 48.9 Å². The number of hydrogen-bond acceptors (Lipinski definition) is 0. The first-order valence-electron chi connectivity index (χ1n) is 6.08. The van der Waals surface area contributed by atoms with E-state index in [1.165, 1.54) is 37.7 Å². The molecule has 1 aromatic carbocycles. The Morgan fingerprint density at radius 2 is 1.88 bits per heavy atom. The first-order valence-corrected chi connectivity index (χ1v) is 6.99. The molecular formula is C14H18BrF. The first kappa shape index (κ1) is 12.1. The molecule has 88 valence electrons. The molecule has 2 atom stereocenters. The third kappa shape index (κ3) is 2.85. The average molecular weight is 285 g/mol. The van der Waals surface area contributed by atoms with Crippen LogP contribution >= 0.6 is 15.9 Å². The Bertz CT molecular complexity index is 342. The van der Waals surface area contributed by atoms with Crippen molar-refractivity contribution in [3.8, 4) is 0 Å². The number of alkyl halides is 1. The van der Waals surface area contributed by atoms with Gasteiger partial charge in [-0.1, -0.05) is 41.3 Å². The second-order valence-corrected chi connectivity index (χ2v) is 6.00. The zero-order chi connectivity index (χ0) is 11.5. The lowest BCUT2D eigenvalue weighted by atomic mass is 9.91. The molecule has 0 radical (unpaired) electrons. The van der Waals surface area contributed by atoms with Crippen LogP contribution in [0.3, 0.4) is 0 Å². The van der Waals surface area contributed by atoms with Crippen molar-refractivity contribution in [2.75, 3.05) is 0 Å². The highest BCUT2D eigenvalue weighted by molar-refractivity contribution is 9.09. The molecule has 2 heteroatoms. The number of rotatable bonds is 1. The standard InChI is InChI=1S/C14H18BrF/c1-10-7-11(9-12(16)8-10)13-5-3-2-4-6-14(13)15/h7-9,13-14H,2-6H2,1H3. The Labute approximate surface area is 105 Å². The van der Waals surface area contributed by atoms with Crippen LogP contribution in [0.25, 0.3) is 0 Å². The van der Waals surface area contributed by atoms with Crippen LogP contribution in [0.1, 0.15) is 49.1 Å². The highest BCUT2D eigenvalue weighted by atomic mass is 79.9. The Morgan fingerprint density at radius 3 is 2.62 bits per heavy atom. The van der Waals surface area contributed by atoms with Gasteiger partial charge in [-0.15, -0.1) is 0 Å². The largest absolute Gasteiger partial charge is 0.207 e. The molecule has 1 aromatic rings. The van der Waals surface area contributed by atoms with Crippen LogP contribution in [0, 0.1) is 12.7 Å². The molecule has 0 N–H and O–H groups in total. The van der Waals surface area contributed by atoms with E-state index >= 15 is 0 Å². The van der Waals surface area contributed by atoms with Crippen molar-refractivity contribution in [3.05, 3.63) is 35.1 Å². The molecule has 2 unspecified atom stereocenters. The van der Waals surface area contributed by atoms with E-state index in [0.29, 0.717) is 10.7 Å². The summed E-state index contributed by atoms with van der Waals surface area (Å²) in [5.41, 5.74) is 2.19. The molecule has 1 aliphatic rings. The molecule has 2 rings (SSSR count). The van der Waals surface area contributed by atoms with E-state index in [9.17, 15) is 4.39 Å². The molecule has 16 heavy (non-hydrogen) atoms. The maximum atomic E-state index is 13.4. The maximum absolute atomic E-state index is 13.4. The summed E-state index contributed by atoms with van der Waals surface area (Å²) in [6, 6.07) is 5.44. The second kappa shape index (κ2) is 5.31. The molecule has 0 aliphatic heterocycles. The van der Waals surface area contributed by atoms with Crippen LogP contribution in [-0.2, 0) is 0 Å². The average Bonchev–Trinajstić information content (AvgIpc) is 2.41. The summed E-state index contributed by atoms with van der Waals surface area (Å²) in [5.74, 6) is 0.385. The SMILES string of the molecule is Cc1cc(F)cc(C2CCCCCC2Br)c1. The molecule has 1 fully saturated rings. The molecule has 0 saturated heterocycles. The van der Waals surface area contributed by atoms with Crippen molar-refractivity contribution in [2.24, 2.45) is 0 Å². The summed E-state index contributed by atoms with van der Waals surface area (Å²) in [6.07, 6.45) is 6.26. The first-order chi connectivity index (χ1) is 7.66. The number of benzene rings is 1. The molecule has 0 amide bonds. The molecule has 0 heterocycles. The van der Waals surface area contributed by atoms with Crippen molar-refractivity contribution in [2.45, 2.75) is 49.8 Å². The third-order valence-electron chi connectivity index (χ3n) is 3.42. The van der Waals surface area contributed by atoms with Gasteiger partial charge in [-0.2, -0.15) is 0 Å². The molecule has 1 saturated carbocycles. The van der Waals surface area contributed by atoms with E-state index in [2.05, 4.69) is 22.0 Å². The number of hydrogen-bond donors (Lipinski definition) is 0. The molecule has 0 nitrogen and oxygen atoms in total. The van der Waals surface area contributed by atoms with Crippen molar-refractivity contribution >= 4 is 15.9 Å². The molecule has 0 aromatic heterocycles. The van der Waals surface area contributed by atoms with Crippen LogP contribution < -0.4 is 0 Å². The van der Waals surface area contributed by atoms with Gasteiger partial charge in [-0.3, -0.25) is 0 Å². The summed E-state index contributed by atoms with van der Waals surface area (Å²) in [4.78, 5) is 0.510. The summed E-state index contributed by atoms with van der Waals surface area (Å²) >= 11 is 3.77. The summed E-state index contributed by atoms with van der Waals surface area (Å²) < 4.78 is 13.4. The second-order valence-electron chi connectivity index (χ2n) is 4.82. The fourth-order valence-electron chi connectivity index (χ4n) is 2.62. The fourth-order valence-corrected chi connectivity index (χ4v) is 3.51. The van der Waals surface area contributed by atoms with Crippen LogP contribution in [0.2, 0.25) is 0 Å². The molecule has 0 bridgehead atoms. The molecular weight excluding hydrogens is 267 g/mol. The summed E-state index contributed by atoms with van der Waals surface area (Å²) in [7, 11) is 0. The fraction of sp³-hybridized carbons (Fsp3) is 0.571. The van der Waals surface area contributed by atoms with Crippen molar-refractivity contribution < 1.29 is 4.39 Å². The van der Waals surface area contributed by atoms with Gasteiger partial charge < -0.3 is 0 Å². The summed E-state index contributed by atoms with van der Waals surface area (Å²) in [6.45, 7) is 1.96. The highest BCUT2D eigenvalue weighted by Gasteiger charge is 2.23. The maximum Gasteiger partial charge on any atom is 0.123 e. The van der Waals surface area contributed by atoms with Crippen molar-refractivity contribution in [3.63, 3.8) is 0 Å². The number of halogens is 2. The van der Waals surface area contributed by atoms with Crippen molar-refractivity contribution in [1.29, 1.82) is 0 Å². The van der Waals surface area contributed by atoms with Crippen LogP contribution in [0.4, 0.5) is 4.39 Å². The van der Waals surface area contributed by atoms with E-state index < -0.39 is 0 Å². The van der Waals surface area contributed by atoms with E-state index in [1.807, 2.05) is 6.92 Å². The van der Waals surface area contributed by atoms with Gasteiger partial charge in [0.1, 0.15) is 5.82 Å². The third-order valence-corrected chi connectivity index (χ3v) is 4.52.